The molecule has 3 aromatic rings. The number of hydrogen-bond donors (Lipinski definition) is 2. The summed E-state index contributed by atoms with van der Waals surface area (Å²) in [5.74, 6) is -1.21. The number of benzene rings is 1. The summed E-state index contributed by atoms with van der Waals surface area (Å²) >= 11 is 0.912. The summed E-state index contributed by atoms with van der Waals surface area (Å²) in [7, 11) is 0. The minimum Gasteiger partial charge on any atom is -0.490 e. The van der Waals surface area contributed by atoms with Gasteiger partial charge in [0.2, 0.25) is 0 Å². The van der Waals surface area contributed by atoms with Crippen LogP contribution < -0.4 is 15.4 Å². The van der Waals surface area contributed by atoms with Crippen LogP contribution in [0.1, 0.15) is 34.6 Å². The van der Waals surface area contributed by atoms with E-state index in [0.29, 0.717) is 37.8 Å². The second-order valence-electron chi connectivity index (χ2n) is 9.23. The van der Waals surface area contributed by atoms with E-state index in [2.05, 4.69) is 25.0 Å². The minimum absolute atomic E-state index is 0.0149. The Labute approximate surface area is 229 Å². The number of halogens is 6. The van der Waals surface area contributed by atoms with Crippen molar-refractivity contribution in [3.05, 3.63) is 53.4 Å². The van der Waals surface area contributed by atoms with Gasteiger partial charge in [0.25, 0.3) is 5.91 Å². The lowest BCUT2D eigenvalue weighted by Gasteiger charge is -2.35. The van der Waals surface area contributed by atoms with Gasteiger partial charge in [-0.05, 0) is 62.4 Å². The third kappa shape index (κ3) is 7.18. The molecule has 2 aromatic heterocycles. The first-order valence-corrected chi connectivity index (χ1v) is 13.1. The van der Waals surface area contributed by atoms with E-state index in [1.165, 1.54) is 12.1 Å². The molecule has 1 amide bonds. The first-order valence-electron chi connectivity index (χ1n) is 12.3. The summed E-state index contributed by atoms with van der Waals surface area (Å²) in [6.45, 7) is 1.34. The Morgan fingerprint density at radius 2 is 1.90 bits per heavy atom. The van der Waals surface area contributed by atoms with Crippen molar-refractivity contribution < 1.29 is 35.9 Å². The molecule has 1 aromatic carbocycles. The lowest BCUT2D eigenvalue weighted by Crippen LogP contribution is -2.44. The lowest BCUT2D eigenvalue weighted by atomic mass is 9.97. The zero-order chi connectivity index (χ0) is 28.9. The third-order valence-electron chi connectivity index (χ3n) is 6.46. The highest BCUT2D eigenvalue weighted by atomic mass is 32.1. The number of nitrogens with zero attached hydrogens (tertiary/aromatic N) is 4. The summed E-state index contributed by atoms with van der Waals surface area (Å²) < 4.78 is 88.4. The number of piperidine rings is 1. The van der Waals surface area contributed by atoms with E-state index in [4.69, 9.17) is 4.74 Å². The molecule has 4 rings (SSSR count). The van der Waals surface area contributed by atoms with Crippen LogP contribution in [-0.2, 0) is 6.18 Å². The fourth-order valence-corrected chi connectivity index (χ4v) is 4.99. The van der Waals surface area contributed by atoms with E-state index in [1.807, 2.05) is 0 Å². The van der Waals surface area contributed by atoms with Crippen LogP contribution in [0.15, 0.2) is 30.6 Å². The second kappa shape index (κ2) is 12.8. The maximum atomic E-state index is 14.4. The second-order valence-corrected chi connectivity index (χ2v) is 10.0. The number of ether oxygens (including phenoxy) is 1. The molecule has 3 heterocycles. The van der Waals surface area contributed by atoms with Gasteiger partial charge in [-0.2, -0.15) is 17.5 Å². The largest absolute Gasteiger partial charge is 0.490 e. The molecule has 1 saturated heterocycles. The topological polar surface area (TPSA) is 92.3 Å². The van der Waals surface area contributed by atoms with E-state index in [9.17, 15) is 31.1 Å². The first kappa shape index (κ1) is 29.5. The number of aryl methyl sites for hydroxylation is 1. The number of hydrogen-bond acceptors (Lipinski definition) is 8. The van der Waals surface area contributed by atoms with Crippen LogP contribution >= 0.6 is 11.5 Å². The minimum atomic E-state index is -4.64. The number of carbonyl (C=O) groups excluding carboxylic acids is 1. The van der Waals surface area contributed by atoms with Crippen molar-refractivity contribution in [2.24, 2.45) is 5.92 Å². The standard InChI is InChI=1S/C25H26F6N6O2S/c1-14-22(24(40-36-14)35-21-12-32-20(11-33-21)25(29,30)31)23(38)34-16-2-3-18(28)19(8-16)39-13-15-4-6-37(7-5-15)17(9-26)10-27/h2-3,8,11-12,15,17H,4-7,9-10,13H2,1H3,(H,33,35)(H,34,38). The number of rotatable bonds is 10. The molecule has 1 fully saturated rings. The van der Waals surface area contributed by atoms with E-state index < -0.39 is 43.0 Å². The molecule has 0 saturated carbocycles. The predicted molar refractivity (Wildman–Crippen MR) is 137 cm³/mol. The highest BCUT2D eigenvalue weighted by molar-refractivity contribution is 7.10. The highest BCUT2D eigenvalue weighted by Crippen LogP contribution is 2.31. The zero-order valence-electron chi connectivity index (χ0n) is 21.3. The fraction of sp³-hybridized carbons (Fsp3) is 0.440. The Balaban J connectivity index is 1.38. The molecule has 216 valence electrons. The Bertz CT molecular complexity index is 1290. The Kier molecular flexibility index (Phi) is 9.45. The Morgan fingerprint density at radius 3 is 2.52 bits per heavy atom. The van der Waals surface area contributed by atoms with Crippen molar-refractivity contribution in [1.82, 2.24) is 19.2 Å². The molecule has 0 unspecified atom stereocenters. The average Bonchev–Trinajstić information content (AvgIpc) is 3.29. The van der Waals surface area contributed by atoms with E-state index >= 15 is 0 Å². The molecule has 2 N–H and O–H groups in total. The van der Waals surface area contributed by atoms with Gasteiger partial charge in [-0.25, -0.2) is 23.1 Å². The first-order chi connectivity index (χ1) is 19.1. The van der Waals surface area contributed by atoms with Gasteiger partial charge >= 0.3 is 6.18 Å². The van der Waals surface area contributed by atoms with Crippen molar-refractivity contribution in [3.8, 4) is 5.75 Å². The van der Waals surface area contributed by atoms with Crippen molar-refractivity contribution in [1.29, 1.82) is 0 Å². The van der Waals surface area contributed by atoms with Crippen LogP contribution in [0.4, 0.5) is 42.8 Å². The van der Waals surface area contributed by atoms with Crippen molar-refractivity contribution in [2.75, 3.05) is 43.7 Å². The third-order valence-corrected chi connectivity index (χ3v) is 7.31. The molecule has 40 heavy (non-hydrogen) atoms. The summed E-state index contributed by atoms with van der Waals surface area (Å²) in [5, 5.41) is 5.65. The summed E-state index contributed by atoms with van der Waals surface area (Å²) in [5.41, 5.74) is -0.419. The zero-order valence-corrected chi connectivity index (χ0v) is 22.1. The van der Waals surface area contributed by atoms with Gasteiger partial charge in [0.05, 0.1) is 36.3 Å². The molecule has 0 radical (unpaired) electrons. The van der Waals surface area contributed by atoms with Crippen LogP contribution in [0.2, 0.25) is 0 Å². The number of nitrogens with one attached hydrogen (secondary N) is 2. The number of alkyl halides is 5. The molecule has 0 atom stereocenters. The monoisotopic (exact) mass is 588 g/mol. The van der Waals surface area contributed by atoms with Crippen LogP contribution in [0.25, 0.3) is 0 Å². The highest BCUT2D eigenvalue weighted by Gasteiger charge is 2.33. The van der Waals surface area contributed by atoms with Gasteiger partial charge in [0, 0.05) is 11.8 Å². The fourth-order valence-electron chi connectivity index (χ4n) is 4.19. The molecule has 0 aliphatic carbocycles. The van der Waals surface area contributed by atoms with Crippen molar-refractivity contribution in [2.45, 2.75) is 32.0 Å². The number of anilines is 3. The maximum absolute atomic E-state index is 14.4. The molecular formula is C25H26F6N6O2S. The number of likely N-dealkylation sites (tertiary alicyclic amines) is 1. The van der Waals surface area contributed by atoms with E-state index in [0.717, 1.165) is 23.8 Å². The van der Waals surface area contributed by atoms with Crippen LogP contribution in [0.5, 0.6) is 5.75 Å². The summed E-state index contributed by atoms with van der Waals surface area (Å²) in [6.07, 6.45) is -1.86. The Morgan fingerprint density at radius 1 is 1.18 bits per heavy atom. The van der Waals surface area contributed by atoms with Gasteiger partial charge in [-0.15, -0.1) is 0 Å². The molecule has 0 bridgehead atoms. The summed E-state index contributed by atoms with van der Waals surface area (Å²) in [6, 6.07) is 3.11. The van der Waals surface area contributed by atoms with Crippen LogP contribution in [-0.4, -0.2) is 64.2 Å². The normalized spacial score (nSPS) is 14.9. The van der Waals surface area contributed by atoms with Gasteiger partial charge in [-0.3, -0.25) is 9.69 Å². The van der Waals surface area contributed by atoms with Gasteiger partial charge in [0.15, 0.2) is 17.3 Å². The van der Waals surface area contributed by atoms with E-state index in [1.54, 1.807) is 11.8 Å². The lowest BCUT2D eigenvalue weighted by molar-refractivity contribution is -0.141. The quantitative estimate of drug-likeness (QED) is 0.290. The molecule has 1 aliphatic rings. The molecule has 1 aliphatic heterocycles. The molecule has 8 nitrogen and oxygen atoms in total. The van der Waals surface area contributed by atoms with Gasteiger partial charge in [0.1, 0.15) is 24.2 Å². The van der Waals surface area contributed by atoms with E-state index in [-0.39, 0.29) is 40.3 Å². The number of amides is 1. The van der Waals surface area contributed by atoms with Gasteiger partial charge < -0.3 is 15.4 Å². The SMILES string of the molecule is Cc1nsc(Nc2cnc(C(F)(F)F)cn2)c1C(=O)Nc1ccc(F)c(OCC2CCN(C(CF)CF)CC2)c1. The molecule has 15 heteroatoms. The molecular weight excluding hydrogens is 562 g/mol. The molecule has 0 spiro atoms. The maximum Gasteiger partial charge on any atom is 0.434 e. The van der Waals surface area contributed by atoms with Crippen molar-refractivity contribution >= 4 is 33.9 Å². The smallest absolute Gasteiger partial charge is 0.434 e. The van der Waals surface area contributed by atoms with Crippen LogP contribution in [0, 0.1) is 18.7 Å². The van der Waals surface area contributed by atoms with Gasteiger partial charge in [-0.1, -0.05) is 0 Å². The van der Waals surface area contributed by atoms with Crippen LogP contribution in [0.3, 0.4) is 0 Å². The average molecular weight is 589 g/mol. The predicted octanol–water partition coefficient (Wildman–Crippen LogP) is 5.79. The summed E-state index contributed by atoms with van der Waals surface area (Å²) in [4.78, 5) is 21.9. The van der Waals surface area contributed by atoms with Crippen molar-refractivity contribution in [3.63, 3.8) is 0 Å². The number of carbonyl (C=O) groups is 1. The number of aromatic nitrogens is 3. The Hall–Kier alpha value is -3.46.